The average molecular weight is 331 g/mol. The molecular formula is C15H19ClO4S. The Morgan fingerprint density at radius 3 is 2.67 bits per heavy atom. The van der Waals surface area contributed by atoms with Crippen LogP contribution < -0.4 is 4.74 Å². The summed E-state index contributed by atoms with van der Waals surface area (Å²) in [5, 5.41) is 0.0829. The van der Waals surface area contributed by atoms with Gasteiger partial charge in [0.25, 0.3) is 0 Å². The summed E-state index contributed by atoms with van der Waals surface area (Å²) in [4.78, 5) is 12.6. The van der Waals surface area contributed by atoms with E-state index in [1.54, 1.807) is 18.2 Å². The van der Waals surface area contributed by atoms with Crippen molar-refractivity contribution < 1.29 is 17.9 Å². The summed E-state index contributed by atoms with van der Waals surface area (Å²) in [6, 6.07) is 4.90. The van der Waals surface area contributed by atoms with Gasteiger partial charge in [-0.15, -0.1) is 0 Å². The summed E-state index contributed by atoms with van der Waals surface area (Å²) < 4.78 is 28.6. The van der Waals surface area contributed by atoms with Gasteiger partial charge in [-0.05, 0) is 37.5 Å². The highest BCUT2D eigenvalue weighted by Gasteiger charge is 2.33. The lowest BCUT2D eigenvalue weighted by Gasteiger charge is -2.27. The van der Waals surface area contributed by atoms with Crippen molar-refractivity contribution in [3.63, 3.8) is 0 Å². The highest BCUT2D eigenvalue weighted by Crippen LogP contribution is 2.33. The maximum Gasteiger partial charge on any atom is 0.169 e. The largest absolute Gasteiger partial charge is 0.496 e. The van der Waals surface area contributed by atoms with Gasteiger partial charge < -0.3 is 4.74 Å². The van der Waals surface area contributed by atoms with Crippen LogP contribution in [0.4, 0.5) is 0 Å². The summed E-state index contributed by atoms with van der Waals surface area (Å²) >= 11 is 5.90. The molecule has 0 bridgehead atoms. The number of benzene rings is 1. The fourth-order valence-electron chi connectivity index (χ4n) is 2.86. The van der Waals surface area contributed by atoms with Crippen LogP contribution in [0.5, 0.6) is 5.75 Å². The molecule has 1 saturated carbocycles. The molecule has 1 aliphatic carbocycles. The number of methoxy groups -OCH3 is 1. The van der Waals surface area contributed by atoms with Crippen molar-refractivity contribution in [2.45, 2.75) is 30.9 Å². The number of hydrogen-bond acceptors (Lipinski definition) is 4. The zero-order valence-corrected chi connectivity index (χ0v) is 13.7. The molecule has 4 nitrogen and oxygen atoms in total. The van der Waals surface area contributed by atoms with E-state index < -0.39 is 15.1 Å². The zero-order chi connectivity index (χ0) is 15.6. The molecule has 0 heterocycles. The molecular weight excluding hydrogens is 312 g/mol. The van der Waals surface area contributed by atoms with E-state index in [-0.39, 0.29) is 11.7 Å². The number of ketones is 1. The minimum absolute atomic E-state index is 0.0585. The van der Waals surface area contributed by atoms with Gasteiger partial charge in [0.05, 0.1) is 17.9 Å². The third kappa shape index (κ3) is 3.77. The molecule has 2 unspecified atom stereocenters. The van der Waals surface area contributed by atoms with Crippen molar-refractivity contribution in [1.29, 1.82) is 0 Å². The first kappa shape index (κ1) is 16.3. The molecule has 0 radical (unpaired) electrons. The van der Waals surface area contributed by atoms with E-state index in [1.807, 2.05) is 0 Å². The summed E-state index contributed by atoms with van der Waals surface area (Å²) in [5.74, 6) is 0.111. The topological polar surface area (TPSA) is 60.4 Å². The molecule has 0 saturated heterocycles. The maximum atomic E-state index is 12.6. The van der Waals surface area contributed by atoms with Crippen LogP contribution in [0.25, 0.3) is 0 Å². The fourth-order valence-corrected chi connectivity index (χ4v) is 4.20. The van der Waals surface area contributed by atoms with Crippen LogP contribution in [-0.2, 0) is 9.84 Å². The zero-order valence-electron chi connectivity index (χ0n) is 12.1. The van der Waals surface area contributed by atoms with Crippen molar-refractivity contribution in [3.8, 4) is 5.75 Å². The van der Waals surface area contributed by atoms with Crippen LogP contribution in [0.15, 0.2) is 18.2 Å². The van der Waals surface area contributed by atoms with Gasteiger partial charge in [0, 0.05) is 17.2 Å². The van der Waals surface area contributed by atoms with Crippen LogP contribution in [0.2, 0.25) is 5.02 Å². The van der Waals surface area contributed by atoms with Crippen LogP contribution in [-0.4, -0.2) is 32.8 Å². The third-order valence-corrected chi connectivity index (χ3v) is 5.91. The van der Waals surface area contributed by atoms with Crippen molar-refractivity contribution in [1.82, 2.24) is 0 Å². The highest BCUT2D eigenvalue weighted by atomic mass is 35.5. The number of rotatable bonds is 4. The van der Waals surface area contributed by atoms with Gasteiger partial charge in [0.2, 0.25) is 0 Å². The molecule has 1 fully saturated rings. The van der Waals surface area contributed by atoms with E-state index >= 15 is 0 Å². The van der Waals surface area contributed by atoms with Crippen molar-refractivity contribution >= 4 is 27.2 Å². The van der Waals surface area contributed by atoms with E-state index in [4.69, 9.17) is 16.3 Å². The first-order chi connectivity index (χ1) is 9.82. The standard InChI is InChI=1S/C15H19ClO4S/c1-20-14-9-11(16)6-7-13(14)15(17)10-4-3-5-12(8-10)21(2,18)19/h6-7,9-10,12H,3-5,8H2,1-2H3. The molecule has 6 heteroatoms. The molecule has 1 aliphatic rings. The molecule has 1 aromatic carbocycles. The predicted octanol–water partition coefficient (Wildman–Crippen LogP) is 3.13. The number of halogens is 1. The number of carbonyl (C=O) groups excluding carboxylic acids is 1. The molecule has 1 aromatic rings. The first-order valence-corrected chi connectivity index (χ1v) is 9.22. The smallest absolute Gasteiger partial charge is 0.169 e. The maximum absolute atomic E-state index is 12.6. The minimum atomic E-state index is -3.10. The van der Waals surface area contributed by atoms with Crippen LogP contribution in [0, 0.1) is 5.92 Å². The Morgan fingerprint density at radius 2 is 2.05 bits per heavy atom. The van der Waals surface area contributed by atoms with Gasteiger partial charge in [-0.3, -0.25) is 4.79 Å². The SMILES string of the molecule is COc1cc(Cl)ccc1C(=O)C1CCCC(S(C)(=O)=O)C1. The van der Waals surface area contributed by atoms with E-state index in [2.05, 4.69) is 0 Å². The highest BCUT2D eigenvalue weighted by molar-refractivity contribution is 7.91. The number of carbonyl (C=O) groups is 1. The quantitative estimate of drug-likeness (QED) is 0.796. The third-order valence-electron chi connectivity index (χ3n) is 4.03. The van der Waals surface area contributed by atoms with Gasteiger partial charge in [0.15, 0.2) is 5.78 Å². The second-order valence-corrected chi connectivity index (χ2v) is 8.29. The van der Waals surface area contributed by atoms with E-state index in [1.165, 1.54) is 13.4 Å². The summed E-state index contributed by atoms with van der Waals surface area (Å²) in [5.41, 5.74) is 0.473. The molecule has 116 valence electrons. The summed E-state index contributed by atoms with van der Waals surface area (Å²) in [7, 11) is -1.61. The Balaban J connectivity index is 2.24. The Kier molecular flexibility index (Phi) is 4.94. The molecule has 0 N–H and O–H groups in total. The average Bonchev–Trinajstić information content (AvgIpc) is 2.45. The number of Topliss-reactive ketones (excluding diaryl/α,β-unsaturated/α-hetero) is 1. The number of sulfone groups is 1. The second-order valence-electron chi connectivity index (χ2n) is 5.52. The van der Waals surface area contributed by atoms with Crippen LogP contribution in [0.1, 0.15) is 36.0 Å². The molecule has 2 rings (SSSR count). The summed E-state index contributed by atoms with van der Waals surface area (Å²) in [6.45, 7) is 0. The summed E-state index contributed by atoms with van der Waals surface area (Å²) in [6.07, 6.45) is 3.75. The normalized spacial score (nSPS) is 22.8. The van der Waals surface area contributed by atoms with Crippen molar-refractivity contribution in [3.05, 3.63) is 28.8 Å². The van der Waals surface area contributed by atoms with Gasteiger partial charge in [-0.1, -0.05) is 18.0 Å². The Bertz CT molecular complexity index is 639. The first-order valence-electron chi connectivity index (χ1n) is 6.89. The molecule has 0 aromatic heterocycles. The van der Waals surface area contributed by atoms with E-state index in [0.29, 0.717) is 29.2 Å². The fraction of sp³-hybridized carbons (Fsp3) is 0.533. The van der Waals surface area contributed by atoms with E-state index in [9.17, 15) is 13.2 Å². The number of hydrogen-bond donors (Lipinski definition) is 0. The molecule has 0 aliphatic heterocycles. The minimum Gasteiger partial charge on any atom is -0.496 e. The van der Waals surface area contributed by atoms with Gasteiger partial charge in [-0.25, -0.2) is 8.42 Å². The molecule has 0 amide bonds. The van der Waals surface area contributed by atoms with Crippen LogP contribution >= 0.6 is 11.6 Å². The molecule has 2 atom stereocenters. The monoisotopic (exact) mass is 330 g/mol. The number of ether oxygens (including phenoxy) is 1. The second kappa shape index (κ2) is 6.36. The lowest BCUT2D eigenvalue weighted by Crippen LogP contribution is -2.31. The van der Waals surface area contributed by atoms with Gasteiger partial charge in [0.1, 0.15) is 15.6 Å². The Morgan fingerprint density at radius 1 is 1.33 bits per heavy atom. The van der Waals surface area contributed by atoms with Gasteiger partial charge in [-0.2, -0.15) is 0 Å². The lowest BCUT2D eigenvalue weighted by molar-refractivity contribution is 0.0888. The molecule has 0 spiro atoms. The van der Waals surface area contributed by atoms with Crippen LogP contribution in [0.3, 0.4) is 0 Å². The predicted molar refractivity (Wildman–Crippen MR) is 82.9 cm³/mol. The van der Waals surface area contributed by atoms with E-state index in [0.717, 1.165) is 12.8 Å². The molecule has 21 heavy (non-hydrogen) atoms. The Hall–Kier alpha value is -1.07. The van der Waals surface area contributed by atoms with Crippen molar-refractivity contribution in [2.24, 2.45) is 5.92 Å². The Labute approximate surface area is 130 Å². The van der Waals surface area contributed by atoms with Crippen molar-refractivity contribution in [2.75, 3.05) is 13.4 Å². The van der Waals surface area contributed by atoms with Gasteiger partial charge >= 0.3 is 0 Å². The lowest BCUT2D eigenvalue weighted by atomic mass is 9.83.